The van der Waals surface area contributed by atoms with Gasteiger partial charge >= 0.3 is 0 Å². The van der Waals surface area contributed by atoms with Crippen molar-refractivity contribution in [3.05, 3.63) is 0 Å². The van der Waals surface area contributed by atoms with E-state index < -0.39 is 0 Å². The van der Waals surface area contributed by atoms with Crippen molar-refractivity contribution in [2.45, 2.75) is 99.8 Å². The SMILES string of the molecule is CCCCCCCCCC[N+](CC(C)C)(CC(C)C)CC(C)C. The molecule has 0 spiro atoms. The maximum atomic E-state index is 2.40. The molecule has 0 saturated heterocycles. The third-order valence-electron chi connectivity index (χ3n) is 4.74. The van der Waals surface area contributed by atoms with Gasteiger partial charge < -0.3 is 4.48 Å². The zero-order chi connectivity index (χ0) is 17.7. The summed E-state index contributed by atoms with van der Waals surface area (Å²) in [7, 11) is 0. The van der Waals surface area contributed by atoms with E-state index in [1.165, 1.54) is 82.0 Å². The van der Waals surface area contributed by atoms with E-state index in [1.807, 2.05) is 0 Å². The molecule has 0 N–H and O–H groups in total. The van der Waals surface area contributed by atoms with Crippen LogP contribution in [0.5, 0.6) is 0 Å². The van der Waals surface area contributed by atoms with Gasteiger partial charge in [-0.1, -0.05) is 87.0 Å². The molecule has 23 heavy (non-hydrogen) atoms. The van der Waals surface area contributed by atoms with Crippen molar-refractivity contribution in [1.29, 1.82) is 0 Å². The Morgan fingerprint density at radius 3 is 1.22 bits per heavy atom. The largest absolute Gasteiger partial charge is 0.323 e. The summed E-state index contributed by atoms with van der Waals surface area (Å²) in [4.78, 5) is 0. The van der Waals surface area contributed by atoms with E-state index in [4.69, 9.17) is 0 Å². The highest BCUT2D eigenvalue weighted by Crippen LogP contribution is 2.21. The Kier molecular flexibility index (Phi) is 13.3. The molecule has 0 aliphatic carbocycles. The van der Waals surface area contributed by atoms with Gasteiger partial charge in [-0.05, 0) is 12.8 Å². The smallest absolute Gasteiger partial charge is 0.0810 e. The van der Waals surface area contributed by atoms with Gasteiger partial charge in [-0.2, -0.15) is 0 Å². The summed E-state index contributed by atoms with van der Waals surface area (Å²) in [5.74, 6) is 2.42. The summed E-state index contributed by atoms with van der Waals surface area (Å²) in [5.41, 5.74) is 0. The van der Waals surface area contributed by atoms with Crippen LogP contribution in [0.2, 0.25) is 0 Å². The van der Waals surface area contributed by atoms with Crippen LogP contribution in [0.3, 0.4) is 0 Å². The average molecular weight is 327 g/mol. The van der Waals surface area contributed by atoms with Crippen LogP contribution in [0.1, 0.15) is 99.8 Å². The first kappa shape index (κ1) is 23.0. The second-order valence-electron chi connectivity index (χ2n) is 9.27. The van der Waals surface area contributed by atoms with Crippen molar-refractivity contribution >= 4 is 0 Å². The van der Waals surface area contributed by atoms with Gasteiger partial charge in [-0.3, -0.25) is 0 Å². The van der Waals surface area contributed by atoms with Crippen molar-refractivity contribution < 1.29 is 4.48 Å². The van der Waals surface area contributed by atoms with Crippen LogP contribution >= 0.6 is 0 Å². The monoisotopic (exact) mass is 326 g/mol. The number of unbranched alkanes of at least 4 members (excludes halogenated alkanes) is 7. The molecular formula is C22H48N+. The summed E-state index contributed by atoms with van der Waals surface area (Å²) in [6.45, 7) is 22.2. The zero-order valence-corrected chi connectivity index (χ0v) is 17.7. The normalized spacial score (nSPS) is 12.8. The Labute approximate surface area is 148 Å². The van der Waals surface area contributed by atoms with Gasteiger partial charge in [-0.15, -0.1) is 0 Å². The zero-order valence-electron chi connectivity index (χ0n) is 17.7. The highest BCUT2D eigenvalue weighted by molar-refractivity contribution is 4.56. The molecule has 0 saturated carbocycles. The summed E-state index contributed by atoms with van der Waals surface area (Å²) in [6, 6.07) is 0. The maximum absolute atomic E-state index is 2.40. The molecule has 0 aromatic rings. The number of nitrogens with zero attached hydrogens (tertiary/aromatic N) is 1. The van der Waals surface area contributed by atoms with E-state index in [0.717, 1.165) is 17.8 Å². The highest BCUT2D eigenvalue weighted by atomic mass is 15.4. The first-order valence-corrected chi connectivity index (χ1v) is 10.7. The van der Waals surface area contributed by atoms with Crippen molar-refractivity contribution in [2.75, 3.05) is 26.2 Å². The van der Waals surface area contributed by atoms with Crippen LogP contribution in [0.4, 0.5) is 0 Å². The number of quaternary nitrogens is 1. The molecular weight excluding hydrogens is 278 g/mol. The quantitative estimate of drug-likeness (QED) is 0.226. The highest BCUT2D eigenvalue weighted by Gasteiger charge is 2.30. The van der Waals surface area contributed by atoms with E-state index in [9.17, 15) is 0 Å². The molecule has 1 nitrogen and oxygen atoms in total. The molecule has 0 amide bonds. The molecule has 0 aliphatic rings. The molecule has 0 aromatic carbocycles. The first-order chi connectivity index (χ1) is 10.8. The van der Waals surface area contributed by atoms with Crippen molar-refractivity contribution in [2.24, 2.45) is 17.8 Å². The predicted molar refractivity (Wildman–Crippen MR) is 107 cm³/mol. The van der Waals surface area contributed by atoms with E-state index in [-0.39, 0.29) is 0 Å². The lowest BCUT2D eigenvalue weighted by molar-refractivity contribution is -0.936. The third-order valence-corrected chi connectivity index (χ3v) is 4.74. The molecule has 0 atom stereocenters. The summed E-state index contributed by atoms with van der Waals surface area (Å²) < 4.78 is 1.36. The molecule has 0 bridgehead atoms. The van der Waals surface area contributed by atoms with Crippen molar-refractivity contribution in [1.82, 2.24) is 0 Å². The first-order valence-electron chi connectivity index (χ1n) is 10.7. The fourth-order valence-electron chi connectivity index (χ4n) is 4.40. The Morgan fingerprint density at radius 1 is 0.522 bits per heavy atom. The van der Waals surface area contributed by atoms with E-state index in [0.29, 0.717) is 0 Å². The number of rotatable bonds is 15. The van der Waals surface area contributed by atoms with Crippen LogP contribution in [0, 0.1) is 17.8 Å². The standard InChI is InChI=1S/C22H48N/c1-8-9-10-11-12-13-14-15-16-23(17-20(2)3,18-21(4)5)19-22(6)7/h20-22H,8-19H2,1-7H3/q+1. The average Bonchev–Trinajstić information content (AvgIpc) is 2.39. The molecule has 0 aromatic heterocycles. The molecule has 0 heterocycles. The van der Waals surface area contributed by atoms with E-state index >= 15 is 0 Å². The lowest BCUT2D eigenvalue weighted by Crippen LogP contribution is -2.54. The van der Waals surface area contributed by atoms with Crippen LogP contribution < -0.4 is 0 Å². The van der Waals surface area contributed by atoms with Crippen LogP contribution in [-0.2, 0) is 0 Å². The number of hydrogen-bond donors (Lipinski definition) is 0. The van der Waals surface area contributed by atoms with Gasteiger partial charge in [0.05, 0.1) is 26.2 Å². The van der Waals surface area contributed by atoms with Crippen molar-refractivity contribution in [3.8, 4) is 0 Å². The molecule has 0 aliphatic heterocycles. The fourth-order valence-corrected chi connectivity index (χ4v) is 4.40. The summed E-state index contributed by atoms with van der Waals surface area (Å²) in [5, 5.41) is 0. The Morgan fingerprint density at radius 2 is 0.870 bits per heavy atom. The molecule has 0 unspecified atom stereocenters. The van der Waals surface area contributed by atoms with Crippen molar-refractivity contribution in [3.63, 3.8) is 0 Å². The van der Waals surface area contributed by atoms with Crippen LogP contribution in [-0.4, -0.2) is 30.7 Å². The lowest BCUT2D eigenvalue weighted by atomic mass is 10.0. The molecule has 0 rings (SSSR count). The van der Waals surface area contributed by atoms with Crippen LogP contribution in [0.25, 0.3) is 0 Å². The lowest BCUT2D eigenvalue weighted by Gasteiger charge is -2.43. The Bertz CT molecular complexity index is 228. The van der Waals surface area contributed by atoms with E-state index in [1.54, 1.807) is 0 Å². The molecule has 140 valence electrons. The fraction of sp³-hybridized carbons (Fsp3) is 1.00. The molecule has 0 fully saturated rings. The van der Waals surface area contributed by atoms with E-state index in [2.05, 4.69) is 48.5 Å². The van der Waals surface area contributed by atoms with Gasteiger partial charge in [0.1, 0.15) is 0 Å². The van der Waals surface area contributed by atoms with Gasteiger partial charge in [0.2, 0.25) is 0 Å². The second kappa shape index (κ2) is 13.3. The number of hydrogen-bond acceptors (Lipinski definition) is 0. The van der Waals surface area contributed by atoms with Crippen LogP contribution in [0.15, 0.2) is 0 Å². The Balaban J connectivity index is 4.32. The Hall–Kier alpha value is -0.0400. The van der Waals surface area contributed by atoms with Gasteiger partial charge in [0.25, 0.3) is 0 Å². The minimum absolute atomic E-state index is 0.807. The summed E-state index contributed by atoms with van der Waals surface area (Å²) in [6.07, 6.45) is 11.5. The minimum atomic E-state index is 0.807. The third kappa shape index (κ3) is 13.0. The maximum Gasteiger partial charge on any atom is 0.0810 e. The molecule has 1 heteroatoms. The van der Waals surface area contributed by atoms with Gasteiger partial charge in [0, 0.05) is 17.8 Å². The summed E-state index contributed by atoms with van der Waals surface area (Å²) >= 11 is 0. The topological polar surface area (TPSA) is 0 Å². The predicted octanol–water partition coefficient (Wildman–Crippen LogP) is 6.91. The van der Waals surface area contributed by atoms with Gasteiger partial charge in [0.15, 0.2) is 0 Å². The molecule has 0 radical (unpaired) electrons. The van der Waals surface area contributed by atoms with Gasteiger partial charge in [-0.25, -0.2) is 0 Å². The second-order valence-corrected chi connectivity index (χ2v) is 9.27. The minimum Gasteiger partial charge on any atom is -0.323 e.